The predicted octanol–water partition coefficient (Wildman–Crippen LogP) is 3.57. The lowest BCUT2D eigenvalue weighted by molar-refractivity contribution is -0.137. The molecule has 8 nitrogen and oxygen atoms in total. The van der Waals surface area contributed by atoms with Gasteiger partial charge in [0, 0.05) is 37.8 Å². The number of carbonyl (C=O) groups excluding carboxylic acids is 1. The summed E-state index contributed by atoms with van der Waals surface area (Å²) in [6, 6.07) is 5.44. The Labute approximate surface area is 193 Å². The summed E-state index contributed by atoms with van der Waals surface area (Å²) in [6.07, 6.45) is -2.66. The van der Waals surface area contributed by atoms with E-state index in [-0.39, 0.29) is 38.0 Å². The molecule has 3 heterocycles. The van der Waals surface area contributed by atoms with Gasteiger partial charge in [-0.3, -0.25) is 4.79 Å². The van der Waals surface area contributed by atoms with Crippen LogP contribution in [0.1, 0.15) is 46.1 Å². The highest BCUT2D eigenvalue weighted by atomic mass is 32.2. The first-order valence-electron chi connectivity index (χ1n) is 10.8. The molecule has 34 heavy (non-hydrogen) atoms. The minimum atomic E-state index is -4.65. The first-order chi connectivity index (χ1) is 16.1. The van der Waals surface area contributed by atoms with Crippen molar-refractivity contribution in [1.82, 2.24) is 19.3 Å². The van der Waals surface area contributed by atoms with Crippen molar-refractivity contribution in [3.8, 4) is 0 Å². The average Bonchev–Trinajstić information content (AvgIpc) is 3.61. The Morgan fingerprint density at radius 2 is 1.82 bits per heavy atom. The molecule has 1 saturated carbocycles. The third-order valence-corrected chi connectivity index (χ3v) is 8.08. The molecule has 12 heteroatoms. The van der Waals surface area contributed by atoms with E-state index in [1.165, 1.54) is 4.90 Å². The summed E-state index contributed by atoms with van der Waals surface area (Å²) in [5, 5.41) is 4.47. The summed E-state index contributed by atoms with van der Waals surface area (Å²) < 4.78 is 71.4. The van der Waals surface area contributed by atoms with Gasteiger partial charge in [0.25, 0.3) is 11.6 Å². The maximum atomic E-state index is 13.4. The van der Waals surface area contributed by atoms with Gasteiger partial charge in [-0.2, -0.15) is 17.5 Å². The highest BCUT2D eigenvalue weighted by Gasteiger charge is 2.35. The highest BCUT2D eigenvalue weighted by molar-refractivity contribution is 7.89. The number of nitrogens with zero attached hydrogens (tertiary/aromatic N) is 4. The van der Waals surface area contributed by atoms with Crippen LogP contribution < -0.4 is 0 Å². The number of aryl methyl sites for hydroxylation is 1. The molecule has 0 bridgehead atoms. The maximum Gasteiger partial charge on any atom is 0.416 e. The molecule has 2 aromatic heterocycles. The van der Waals surface area contributed by atoms with E-state index in [1.807, 2.05) is 0 Å². The zero-order valence-corrected chi connectivity index (χ0v) is 19.0. The van der Waals surface area contributed by atoms with Crippen molar-refractivity contribution in [1.29, 1.82) is 0 Å². The van der Waals surface area contributed by atoms with E-state index in [4.69, 9.17) is 4.52 Å². The zero-order chi connectivity index (χ0) is 24.3. The van der Waals surface area contributed by atoms with Crippen molar-refractivity contribution in [2.45, 2.75) is 36.8 Å². The van der Waals surface area contributed by atoms with Gasteiger partial charge in [-0.25, -0.2) is 13.4 Å². The van der Waals surface area contributed by atoms with Crippen LogP contribution in [-0.4, -0.2) is 59.8 Å². The number of pyridine rings is 1. The third-order valence-electron chi connectivity index (χ3n) is 6.19. The Balaban J connectivity index is 1.36. The SMILES string of the molecule is Cc1noc2nc(C3CC3)cc(C(=O)N3CCN(S(=O)(=O)c4cccc(C(F)(F)F)c4)CC3)c12. The molecular formula is C22H21F3N4O4S. The van der Waals surface area contributed by atoms with E-state index in [2.05, 4.69) is 10.1 Å². The number of fused-ring (bicyclic) bond motifs is 1. The van der Waals surface area contributed by atoms with Gasteiger partial charge in [0.05, 0.1) is 27.1 Å². The number of benzene rings is 1. The quantitative estimate of drug-likeness (QED) is 0.550. The summed E-state index contributed by atoms with van der Waals surface area (Å²) in [6.45, 7) is 1.86. The maximum absolute atomic E-state index is 13.4. The van der Waals surface area contributed by atoms with Crippen molar-refractivity contribution in [3.05, 3.63) is 52.8 Å². The first-order valence-corrected chi connectivity index (χ1v) is 12.2. The molecule has 1 amide bonds. The number of piperazine rings is 1. The molecule has 3 aromatic rings. The number of aromatic nitrogens is 2. The van der Waals surface area contributed by atoms with Gasteiger partial charge in [-0.1, -0.05) is 11.2 Å². The van der Waals surface area contributed by atoms with Gasteiger partial charge in [0.15, 0.2) is 0 Å². The summed E-state index contributed by atoms with van der Waals surface area (Å²) >= 11 is 0. The molecule has 1 aliphatic carbocycles. The molecular weight excluding hydrogens is 473 g/mol. The van der Waals surface area contributed by atoms with Crippen molar-refractivity contribution < 1.29 is 30.9 Å². The van der Waals surface area contributed by atoms with Crippen LogP contribution in [0.25, 0.3) is 11.1 Å². The Morgan fingerprint density at radius 3 is 2.47 bits per heavy atom. The molecule has 0 atom stereocenters. The highest BCUT2D eigenvalue weighted by Crippen LogP contribution is 2.40. The molecule has 2 aliphatic rings. The van der Waals surface area contributed by atoms with Crippen molar-refractivity contribution in [2.75, 3.05) is 26.2 Å². The van der Waals surface area contributed by atoms with E-state index in [0.29, 0.717) is 28.4 Å². The number of rotatable bonds is 4. The molecule has 1 aliphatic heterocycles. The zero-order valence-electron chi connectivity index (χ0n) is 18.2. The predicted molar refractivity (Wildman–Crippen MR) is 115 cm³/mol. The summed E-state index contributed by atoms with van der Waals surface area (Å²) in [7, 11) is -4.14. The van der Waals surface area contributed by atoms with Gasteiger partial charge in [0.2, 0.25) is 10.0 Å². The van der Waals surface area contributed by atoms with Crippen molar-refractivity contribution >= 4 is 27.0 Å². The number of hydrogen-bond acceptors (Lipinski definition) is 6. The van der Waals surface area contributed by atoms with Crippen LogP contribution in [0.4, 0.5) is 13.2 Å². The normalized spacial score (nSPS) is 17.9. The van der Waals surface area contributed by atoms with Gasteiger partial charge >= 0.3 is 6.18 Å². The molecule has 5 rings (SSSR count). The molecule has 1 saturated heterocycles. The van der Waals surface area contributed by atoms with Crippen LogP contribution in [0.15, 0.2) is 39.8 Å². The monoisotopic (exact) mass is 494 g/mol. The number of amides is 1. The minimum absolute atomic E-state index is 0.0311. The second-order valence-corrected chi connectivity index (χ2v) is 10.5. The van der Waals surface area contributed by atoms with E-state index < -0.39 is 26.7 Å². The molecule has 2 fully saturated rings. The molecule has 180 valence electrons. The van der Waals surface area contributed by atoms with E-state index >= 15 is 0 Å². The van der Waals surface area contributed by atoms with Gasteiger partial charge in [-0.15, -0.1) is 0 Å². The van der Waals surface area contributed by atoms with Crippen LogP contribution in [0.2, 0.25) is 0 Å². The lowest BCUT2D eigenvalue weighted by Crippen LogP contribution is -2.50. The Kier molecular flexibility index (Phi) is 5.40. The van der Waals surface area contributed by atoms with E-state index in [0.717, 1.165) is 41.0 Å². The number of halogens is 3. The van der Waals surface area contributed by atoms with Crippen LogP contribution in [0.5, 0.6) is 0 Å². The van der Waals surface area contributed by atoms with Crippen LogP contribution in [-0.2, 0) is 16.2 Å². The second kappa shape index (κ2) is 8.05. The molecule has 0 radical (unpaired) electrons. The second-order valence-electron chi connectivity index (χ2n) is 8.54. The summed E-state index contributed by atoms with van der Waals surface area (Å²) in [5.74, 6) is 0.00697. The molecule has 0 N–H and O–H groups in total. The first kappa shape index (κ1) is 22.8. The molecule has 0 unspecified atom stereocenters. The van der Waals surface area contributed by atoms with Gasteiger partial charge < -0.3 is 9.42 Å². The van der Waals surface area contributed by atoms with Gasteiger partial charge in [0.1, 0.15) is 0 Å². The van der Waals surface area contributed by atoms with Crippen LogP contribution in [0.3, 0.4) is 0 Å². The Morgan fingerprint density at radius 1 is 1.12 bits per heavy atom. The lowest BCUT2D eigenvalue weighted by Gasteiger charge is -2.34. The van der Waals surface area contributed by atoms with Crippen molar-refractivity contribution in [3.63, 3.8) is 0 Å². The van der Waals surface area contributed by atoms with Crippen LogP contribution in [0, 0.1) is 6.92 Å². The van der Waals surface area contributed by atoms with E-state index in [9.17, 15) is 26.4 Å². The topological polar surface area (TPSA) is 96.6 Å². The minimum Gasteiger partial charge on any atom is -0.336 e. The Hall–Kier alpha value is -2.99. The Bertz CT molecular complexity index is 1370. The standard InChI is InChI=1S/C22H21F3N4O4S/c1-13-19-17(12-18(14-5-6-14)26-20(19)33-27-13)21(30)28-7-9-29(10-8-28)34(31,32)16-4-2-3-15(11-16)22(23,24)25/h2-4,11-12,14H,5-10H2,1H3. The average molecular weight is 494 g/mol. The number of carbonyl (C=O) groups is 1. The fourth-order valence-electron chi connectivity index (χ4n) is 4.15. The number of sulfonamides is 1. The molecule has 0 spiro atoms. The fraction of sp³-hybridized carbons (Fsp3) is 0.409. The smallest absolute Gasteiger partial charge is 0.336 e. The van der Waals surface area contributed by atoms with E-state index in [1.54, 1.807) is 13.0 Å². The van der Waals surface area contributed by atoms with Gasteiger partial charge in [-0.05, 0) is 44.0 Å². The van der Waals surface area contributed by atoms with Crippen LogP contribution >= 0.6 is 0 Å². The summed E-state index contributed by atoms with van der Waals surface area (Å²) in [4.78, 5) is 19.0. The number of hydrogen-bond donors (Lipinski definition) is 0. The summed E-state index contributed by atoms with van der Waals surface area (Å²) in [5.41, 5.74) is 1.01. The third kappa shape index (κ3) is 4.05. The largest absolute Gasteiger partial charge is 0.416 e. The lowest BCUT2D eigenvalue weighted by atomic mass is 10.1. The molecule has 1 aromatic carbocycles. The fourth-order valence-corrected chi connectivity index (χ4v) is 5.62. The number of alkyl halides is 3. The van der Waals surface area contributed by atoms with Crippen molar-refractivity contribution in [2.24, 2.45) is 0 Å².